The zero-order valence-corrected chi connectivity index (χ0v) is 12.4. The van der Waals surface area contributed by atoms with Crippen LogP contribution in [0.25, 0.3) is 0 Å². The van der Waals surface area contributed by atoms with Gasteiger partial charge in [-0.3, -0.25) is 9.80 Å². The summed E-state index contributed by atoms with van der Waals surface area (Å²) >= 11 is 0. The molecule has 0 spiro atoms. The van der Waals surface area contributed by atoms with Crippen molar-refractivity contribution in [2.45, 2.75) is 59.0 Å². The van der Waals surface area contributed by atoms with Gasteiger partial charge in [0.05, 0.1) is 0 Å². The summed E-state index contributed by atoms with van der Waals surface area (Å²) in [5.74, 6) is -2.74. The van der Waals surface area contributed by atoms with Gasteiger partial charge in [0, 0.05) is 50.6 Å². The van der Waals surface area contributed by atoms with E-state index in [-0.39, 0.29) is 12.3 Å². The highest BCUT2D eigenvalue weighted by Gasteiger charge is 2.57. The van der Waals surface area contributed by atoms with Crippen LogP contribution >= 0.6 is 0 Å². The number of hydrogen-bond donors (Lipinski definition) is 0. The Bertz CT molecular complexity index is 256. The van der Waals surface area contributed by atoms with Crippen molar-refractivity contribution >= 4 is 0 Å². The number of hydrogen-bond acceptors (Lipinski definition) is 2. The molecule has 1 aliphatic carbocycles. The van der Waals surface area contributed by atoms with E-state index in [0.717, 1.165) is 19.6 Å². The van der Waals surface area contributed by atoms with Crippen molar-refractivity contribution in [2.75, 3.05) is 26.2 Å². The Morgan fingerprint density at radius 1 is 1.22 bits per heavy atom. The van der Waals surface area contributed by atoms with E-state index in [1.54, 1.807) is 0 Å². The highest BCUT2D eigenvalue weighted by atomic mass is 19.3. The molecule has 0 radical (unpaired) electrons. The maximum atomic E-state index is 12.8. The average Bonchev–Trinajstić information content (AvgIpc) is 2.91. The third kappa shape index (κ3) is 3.89. The monoisotopic (exact) mass is 262 g/mol. The molecule has 1 aliphatic heterocycles. The Morgan fingerprint density at radius 2 is 1.78 bits per heavy atom. The fourth-order valence-electron chi connectivity index (χ4n) is 2.51. The summed E-state index contributed by atoms with van der Waals surface area (Å²) in [6, 6.07) is 0.972. The van der Waals surface area contributed by atoms with Gasteiger partial charge in [-0.2, -0.15) is 0 Å². The Labute approximate surface area is 110 Å². The largest absolute Gasteiger partial charge is 0.298 e. The van der Waals surface area contributed by atoms with E-state index in [2.05, 4.69) is 30.6 Å². The zero-order chi connectivity index (χ0) is 13.9. The molecule has 4 heteroatoms. The molecule has 18 heavy (non-hydrogen) atoms. The average molecular weight is 262 g/mol. The van der Waals surface area contributed by atoms with Crippen LogP contribution in [0, 0.1) is 5.92 Å². The normalized spacial score (nSPS) is 32.0. The quantitative estimate of drug-likeness (QED) is 0.771. The van der Waals surface area contributed by atoms with Crippen LogP contribution in [0.4, 0.5) is 8.78 Å². The number of alkyl halides is 2. The Morgan fingerprint density at radius 3 is 2.17 bits per heavy atom. The predicted octanol–water partition coefficient (Wildman–Crippen LogP) is 3.08. The summed E-state index contributed by atoms with van der Waals surface area (Å²) in [4.78, 5) is 4.65. The highest BCUT2D eigenvalue weighted by molar-refractivity contribution is 4.98. The molecule has 2 rings (SSSR count). The molecule has 108 valence electrons. The molecule has 2 nitrogen and oxygen atoms in total. The second-order valence-electron chi connectivity index (χ2n) is 5.59. The van der Waals surface area contributed by atoms with Crippen molar-refractivity contribution in [3.05, 3.63) is 0 Å². The SMILES string of the molecule is CC.CC(C)N1CCN(CC2CC2(F)F)C(C)C1. The van der Waals surface area contributed by atoms with Gasteiger partial charge >= 0.3 is 0 Å². The molecule has 0 N–H and O–H groups in total. The molecular formula is C14H28F2N2. The number of halogens is 2. The van der Waals surface area contributed by atoms with Crippen LogP contribution < -0.4 is 0 Å². The van der Waals surface area contributed by atoms with Crippen molar-refractivity contribution in [1.82, 2.24) is 9.80 Å². The van der Waals surface area contributed by atoms with E-state index in [1.165, 1.54) is 0 Å². The number of nitrogens with zero attached hydrogens (tertiary/aromatic N) is 2. The van der Waals surface area contributed by atoms with E-state index in [0.29, 0.717) is 18.6 Å². The lowest BCUT2D eigenvalue weighted by atomic mass is 10.1. The fraction of sp³-hybridized carbons (Fsp3) is 1.00. The second-order valence-corrected chi connectivity index (χ2v) is 5.59. The summed E-state index contributed by atoms with van der Waals surface area (Å²) in [5.41, 5.74) is 0. The summed E-state index contributed by atoms with van der Waals surface area (Å²) in [7, 11) is 0. The van der Waals surface area contributed by atoms with Crippen LogP contribution in [0.15, 0.2) is 0 Å². The third-order valence-corrected chi connectivity index (χ3v) is 3.94. The molecule has 2 unspecified atom stereocenters. The summed E-state index contributed by atoms with van der Waals surface area (Å²) in [5, 5.41) is 0. The first kappa shape index (κ1) is 15.8. The first-order chi connectivity index (χ1) is 8.40. The Kier molecular flexibility index (Phi) is 5.53. The van der Waals surface area contributed by atoms with E-state index in [1.807, 2.05) is 13.8 Å². The van der Waals surface area contributed by atoms with Gasteiger partial charge in [-0.05, 0) is 20.8 Å². The summed E-state index contributed by atoms with van der Waals surface area (Å²) in [6.45, 7) is 14.1. The van der Waals surface area contributed by atoms with Crippen LogP contribution in [-0.4, -0.2) is 54.0 Å². The maximum absolute atomic E-state index is 12.8. The van der Waals surface area contributed by atoms with E-state index < -0.39 is 5.92 Å². The molecule has 0 aromatic heterocycles. The van der Waals surface area contributed by atoms with Crippen molar-refractivity contribution in [1.29, 1.82) is 0 Å². The number of rotatable bonds is 3. The lowest BCUT2D eigenvalue weighted by molar-refractivity contribution is 0.0411. The molecule has 1 heterocycles. The minimum atomic E-state index is -2.37. The van der Waals surface area contributed by atoms with Crippen molar-refractivity contribution in [2.24, 2.45) is 5.92 Å². The highest BCUT2D eigenvalue weighted by Crippen LogP contribution is 2.49. The molecular weight excluding hydrogens is 234 g/mol. The topological polar surface area (TPSA) is 6.48 Å². The minimum absolute atomic E-state index is 0.101. The molecule has 1 saturated heterocycles. The molecule has 0 bridgehead atoms. The maximum Gasteiger partial charge on any atom is 0.252 e. The van der Waals surface area contributed by atoms with Crippen LogP contribution in [0.2, 0.25) is 0 Å². The Hall–Kier alpha value is -0.220. The van der Waals surface area contributed by atoms with Crippen LogP contribution in [0.3, 0.4) is 0 Å². The van der Waals surface area contributed by atoms with Crippen LogP contribution in [-0.2, 0) is 0 Å². The molecule has 0 aromatic carbocycles. The molecule has 0 amide bonds. The summed E-state index contributed by atoms with van der Waals surface area (Å²) < 4.78 is 25.7. The lowest BCUT2D eigenvalue weighted by Crippen LogP contribution is -2.54. The molecule has 1 saturated carbocycles. The lowest BCUT2D eigenvalue weighted by Gasteiger charge is -2.41. The molecule has 2 fully saturated rings. The third-order valence-electron chi connectivity index (χ3n) is 3.94. The molecule has 0 aromatic rings. The van der Waals surface area contributed by atoms with Gasteiger partial charge in [0.1, 0.15) is 0 Å². The van der Waals surface area contributed by atoms with Crippen molar-refractivity contribution in [3.63, 3.8) is 0 Å². The second kappa shape index (κ2) is 6.29. The molecule has 2 aliphatic rings. The van der Waals surface area contributed by atoms with Crippen molar-refractivity contribution in [3.8, 4) is 0 Å². The van der Waals surface area contributed by atoms with Gasteiger partial charge in [0.2, 0.25) is 0 Å². The molecule has 2 atom stereocenters. The number of piperazine rings is 1. The van der Waals surface area contributed by atoms with Gasteiger partial charge in [-0.15, -0.1) is 0 Å². The van der Waals surface area contributed by atoms with Crippen LogP contribution in [0.5, 0.6) is 0 Å². The van der Waals surface area contributed by atoms with Gasteiger partial charge in [0.25, 0.3) is 5.92 Å². The smallest absolute Gasteiger partial charge is 0.252 e. The first-order valence-corrected chi connectivity index (χ1v) is 7.26. The standard InChI is InChI=1S/C12H22F2N2.C2H6/c1-9(2)15-4-5-16(10(3)7-15)8-11-6-12(11,13)14;1-2/h9-11H,4-8H2,1-3H3;1-2H3. The zero-order valence-electron chi connectivity index (χ0n) is 12.4. The van der Waals surface area contributed by atoms with Gasteiger partial charge < -0.3 is 0 Å². The predicted molar refractivity (Wildman–Crippen MR) is 72.1 cm³/mol. The van der Waals surface area contributed by atoms with Crippen molar-refractivity contribution < 1.29 is 8.78 Å². The minimum Gasteiger partial charge on any atom is -0.298 e. The van der Waals surface area contributed by atoms with Gasteiger partial charge in [-0.1, -0.05) is 13.8 Å². The van der Waals surface area contributed by atoms with E-state index in [9.17, 15) is 8.78 Å². The Balaban J connectivity index is 0.000000771. The van der Waals surface area contributed by atoms with E-state index in [4.69, 9.17) is 0 Å². The van der Waals surface area contributed by atoms with Gasteiger partial charge in [0.15, 0.2) is 0 Å². The van der Waals surface area contributed by atoms with Gasteiger partial charge in [-0.25, -0.2) is 8.78 Å². The van der Waals surface area contributed by atoms with Crippen LogP contribution in [0.1, 0.15) is 41.0 Å². The summed E-state index contributed by atoms with van der Waals surface area (Å²) in [6.07, 6.45) is 0.101. The first-order valence-electron chi connectivity index (χ1n) is 7.26. The fourth-order valence-corrected chi connectivity index (χ4v) is 2.51. The van der Waals surface area contributed by atoms with E-state index >= 15 is 0 Å².